The molecule has 0 spiro atoms. The Morgan fingerprint density at radius 3 is 2.65 bits per heavy atom. The lowest BCUT2D eigenvalue weighted by molar-refractivity contribution is 0.0859. The third-order valence-electron chi connectivity index (χ3n) is 5.39. The molecule has 1 fully saturated rings. The standard InChI is InChI=1S/C19H24N4O3/c1-3-13-9-15(10(2)26-13)18(24)20-11-7-12(8-11)21-19(25)17-14-5-4-6-16(14)22-23-17/h9,11-12H,3-8H2,1-2H3,(H,20,24)(H,21,25)(H,22,23). The molecule has 0 aromatic carbocycles. The number of fused-ring (bicyclic) bond motifs is 1. The molecule has 4 rings (SSSR count). The summed E-state index contributed by atoms with van der Waals surface area (Å²) in [6.45, 7) is 3.80. The van der Waals surface area contributed by atoms with Gasteiger partial charge in [-0.25, -0.2) is 0 Å². The van der Waals surface area contributed by atoms with Crippen LogP contribution in [0, 0.1) is 6.92 Å². The molecule has 2 heterocycles. The van der Waals surface area contributed by atoms with Gasteiger partial charge in [0.1, 0.15) is 11.5 Å². The zero-order valence-electron chi connectivity index (χ0n) is 15.1. The summed E-state index contributed by atoms with van der Waals surface area (Å²) < 4.78 is 5.54. The van der Waals surface area contributed by atoms with Gasteiger partial charge in [0.25, 0.3) is 11.8 Å². The van der Waals surface area contributed by atoms with Crippen molar-refractivity contribution in [1.82, 2.24) is 20.8 Å². The Bertz CT molecular complexity index is 845. The van der Waals surface area contributed by atoms with Crippen LogP contribution in [0.4, 0.5) is 0 Å². The van der Waals surface area contributed by atoms with Gasteiger partial charge in [-0.2, -0.15) is 5.10 Å². The van der Waals surface area contributed by atoms with E-state index in [1.807, 2.05) is 6.92 Å². The molecule has 7 nitrogen and oxygen atoms in total. The Labute approximate surface area is 151 Å². The lowest BCUT2D eigenvalue weighted by atomic mass is 9.86. The number of H-pyrrole nitrogens is 1. The van der Waals surface area contributed by atoms with Gasteiger partial charge in [-0.15, -0.1) is 0 Å². The Morgan fingerprint density at radius 2 is 1.96 bits per heavy atom. The van der Waals surface area contributed by atoms with E-state index in [1.54, 1.807) is 13.0 Å². The van der Waals surface area contributed by atoms with E-state index in [-0.39, 0.29) is 23.9 Å². The van der Waals surface area contributed by atoms with Crippen LogP contribution in [0.15, 0.2) is 10.5 Å². The molecule has 2 aromatic heterocycles. The lowest BCUT2D eigenvalue weighted by Gasteiger charge is -2.36. The number of nitrogens with zero attached hydrogens (tertiary/aromatic N) is 1. The number of hydrogen-bond acceptors (Lipinski definition) is 4. The minimum absolute atomic E-state index is 0.0806. The van der Waals surface area contributed by atoms with Gasteiger partial charge in [-0.3, -0.25) is 14.7 Å². The predicted octanol–water partition coefficient (Wildman–Crippen LogP) is 2.05. The molecule has 0 atom stereocenters. The Hall–Kier alpha value is -2.57. The third kappa shape index (κ3) is 3.02. The van der Waals surface area contributed by atoms with Crippen LogP contribution in [-0.2, 0) is 19.3 Å². The average molecular weight is 356 g/mol. The van der Waals surface area contributed by atoms with Crippen LogP contribution in [0.1, 0.15) is 69.8 Å². The molecule has 1 saturated carbocycles. The summed E-state index contributed by atoms with van der Waals surface area (Å²) in [6.07, 6.45) is 5.21. The number of carbonyl (C=O) groups excluding carboxylic acids is 2. The first-order chi connectivity index (χ1) is 12.5. The molecular formula is C19H24N4O3. The van der Waals surface area contributed by atoms with Gasteiger partial charge in [0.05, 0.1) is 5.56 Å². The van der Waals surface area contributed by atoms with Crippen molar-refractivity contribution in [2.45, 2.75) is 64.5 Å². The third-order valence-corrected chi connectivity index (χ3v) is 5.39. The van der Waals surface area contributed by atoms with Gasteiger partial charge in [0, 0.05) is 29.8 Å². The van der Waals surface area contributed by atoms with Gasteiger partial charge in [0.2, 0.25) is 0 Å². The van der Waals surface area contributed by atoms with E-state index >= 15 is 0 Å². The number of hydrogen-bond donors (Lipinski definition) is 3. The van der Waals surface area contributed by atoms with Crippen molar-refractivity contribution in [3.8, 4) is 0 Å². The zero-order valence-corrected chi connectivity index (χ0v) is 15.1. The molecule has 138 valence electrons. The Kier molecular flexibility index (Phi) is 4.30. The van der Waals surface area contributed by atoms with Crippen molar-refractivity contribution < 1.29 is 14.0 Å². The minimum Gasteiger partial charge on any atom is -0.466 e. The number of carbonyl (C=O) groups is 2. The smallest absolute Gasteiger partial charge is 0.272 e. The van der Waals surface area contributed by atoms with Crippen LogP contribution in [0.5, 0.6) is 0 Å². The summed E-state index contributed by atoms with van der Waals surface area (Å²) in [7, 11) is 0. The van der Waals surface area contributed by atoms with Crippen LogP contribution in [0.25, 0.3) is 0 Å². The number of aromatic amines is 1. The summed E-state index contributed by atoms with van der Waals surface area (Å²) in [4.78, 5) is 24.8. The van der Waals surface area contributed by atoms with Gasteiger partial charge in [-0.1, -0.05) is 6.92 Å². The van der Waals surface area contributed by atoms with E-state index in [2.05, 4.69) is 20.8 Å². The van der Waals surface area contributed by atoms with E-state index in [9.17, 15) is 9.59 Å². The summed E-state index contributed by atoms with van der Waals surface area (Å²) in [5.41, 5.74) is 3.29. The van der Waals surface area contributed by atoms with E-state index in [1.165, 1.54) is 0 Å². The van der Waals surface area contributed by atoms with E-state index in [0.717, 1.165) is 55.5 Å². The number of amides is 2. The average Bonchev–Trinajstić information content (AvgIpc) is 3.27. The normalized spacial score (nSPS) is 21.2. The predicted molar refractivity (Wildman–Crippen MR) is 95.2 cm³/mol. The van der Waals surface area contributed by atoms with Crippen molar-refractivity contribution in [1.29, 1.82) is 0 Å². The Morgan fingerprint density at radius 1 is 1.23 bits per heavy atom. The second-order valence-corrected chi connectivity index (χ2v) is 7.23. The molecule has 0 saturated heterocycles. The highest BCUT2D eigenvalue weighted by atomic mass is 16.3. The number of nitrogens with one attached hydrogen (secondary N) is 3. The largest absolute Gasteiger partial charge is 0.466 e. The van der Waals surface area contributed by atoms with Crippen LogP contribution < -0.4 is 10.6 Å². The number of rotatable bonds is 5. The SMILES string of the molecule is CCc1cc(C(=O)NC2CC(NC(=O)c3n[nH]c4c3CCC4)C2)c(C)o1. The second-order valence-electron chi connectivity index (χ2n) is 7.23. The minimum atomic E-state index is -0.113. The first-order valence-corrected chi connectivity index (χ1v) is 9.32. The van der Waals surface area contributed by atoms with E-state index in [0.29, 0.717) is 17.0 Å². The van der Waals surface area contributed by atoms with Gasteiger partial charge in [-0.05, 0) is 45.1 Å². The molecule has 2 aliphatic rings. The maximum Gasteiger partial charge on any atom is 0.272 e. The number of furan rings is 1. The summed E-state index contributed by atoms with van der Waals surface area (Å²) in [6, 6.07) is 1.97. The van der Waals surface area contributed by atoms with Gasteiger partial charge in [0.15, 0.2) is 5.69 Å². The summed E-state index contributed by atoms with van der Waals surface area (Å²) in [5.74, 6) is 1.25. The maximum atomic E-state index is 12.4. The quantitative estimate of drug-likeness (QED) is 0.763. The fourth-order valence-corrected chi connectivity index (χ4v) is 3.82. The molecular weight excluding hydrogens is 332 g/mol. The lowest BCUT2D eigenvalue weighted by Crippen LogP contribution is -2.53. The topological polar surface area (TPSA) is 100 Å². The van der Waals surface area contributed by atoms with Crippen LogP contribution >= 0.6 is 0 Å². The molecule has 2 amide bonds. The van der Waals surface area contributed by atoms with Crippen molar-refractivity contribution in [2.24, 2.45) is 0 Å². The first-order valence-electron chi connectivity index (χ1n) is 9.32. The molecule has 3 N–H and O–H groups in total. The van der Waals surface area contributed by atoms with Gasteiger partial charge >= 0.3 is 0 Å². The first kappa shape index (κ1) is 16.9. The highest BCUT2D eigenvalue weighted by Gasteiger charge is 2.33. The molecule has 26 heavy (non-hydrogen) atoms. The zero-order chi connectivity index (χ0) is 18.3. The second kappa shape index (κ2) is 6.63. The number of aromatic nitrogens is 2. The molecule has 0 radical (unpaired) electrons. The maximum absolute atomic E-state index is 12.4. The van der Waals surface area contributed by atoms with Crippen molar-refractivity contribution in [2.75, 3.05) is 0 Å². The van der Waals surface area contributed by atoms with Crippen molar-refractivity contribution in [3.63, 3.8) is 0 Å². The van der Waals surface area contributed by atoms with Crippen molar-refractivity contribution in [3.05, 3.63) is 40.1 Å². The molecule has 0 unspecified atom stereocenters. The van der Waals surface area contributed by atoms with Crippen molar-refractivity contribution >= 4 is 11.8 Å². The molecule has 2 aromatic rings. The van der Waals surface area contributed by atoms with E-state index < -0.39 is 0 Å². The Balaban J connectivity index is 1.28. The fourth-order valence-electron chi connectivity index (χ4n) is 3.82. The van der Waals surface area contributed by atoms with Crippen LogP contribution in [0.3, 0.4) is 0 Å². The van der Waals surface area contributed by atoms with Crippen LogP contribution in [0.2, 0.25) is 0 Å². The fraction of sp³-hybridized carbons (Fsp3) is 0.526. The molecule has 0 bridgehead atoms. The monoisotopic (exact) mass is 356 g/mol. The highest BCUT2D eigenvalue weighted by Crippen LogP contribution is 2.25. The summed E-state index contributed by atoms with van der Waals surface area (Å²) in [5, 5.41) is 13.2. The number of aryl methyl sites for hydroxylation is 3. The van der Waals surface area contributed by atoms with Gasteiger partial charge < -0.3 is 15.1 Å². The summed E-state index contributed by atoms with van der Waals surface area (Å²) >= 11 is 0. The molecule has 7 heteroatoms. The highest BCUT2D eigenvalue weighted by molar-refractivity contribution is 5.96. The molecule has 0 aliphatic heterocycles. The van der Waals surface area contributed by atoms with E-state index in [4.69, 9.17) is 4.42 Å². The van der Waals surface area contributed by atoms with Crippen LogP contribution in [-0.4, -0.2) is 34.1 Å². The molecule has 2 aliphatic carbocycles.